The van der Waals surface area contributed by atoms with Gasteiger partial charge in [-0.2, -0.15) is 0 Å². The van der Waals surface area contributed by atoms with Gasteiger partial charge in [0.25, 0.3) is 0 Å². The fourth-order valence-electron chi connectivity index (χ4n) is 3.43. The lowest BCUT2D eigenvalue weighted by Gasteiger charge is -2.17. The zero-order valence-corrected chi connectivity index (χ0v) is 15.0. The lowest BCUT2D eigenvalue weighted by molar-refractivity contribution is 0.322. The zero-order chi connectivity index (χ0) is 16.9. The van der Waals surface area contributed by atoms with Crippen LogP contribution < -0.4 is 14.8 Å². The number of ether oxygens (including phenoxy) is 2. The third-order valence-electron chi connectivity index (χ3n) is 4.77. The van der Waals surface area contributed by atoms with Crippen LogP contribution in [0.15, 0.2) is 12.1 Å². The first-order valence-corrected chi connectivity index (χ1v) is 8.75. The average molecular weight is 332 g/mol. The van der Waals surface area contributed by atoms with Gasteiger partial charge in [-0.25, -0.2) is 4.98 Å². The van der Waals surface area contributed by atoms with Crippen molar-refractivity contribution in [3.63, 3.8) is 0 Å². The topological polar surface area (TPSA) is 51.6 Å². The molecule has 1 aliphatic heterocycles. The minimum atomic E-state index is 0.731. The number of likely N-dealkylation sites (tertiary alicyclic amines) is 1. The second kappa shape index (κ2) is 7.85. The van der Waals surface area contributed by atoms with Crippen LogP contribution in [0.25, 0.3) is 11.0 Å². The van der Waals surface area contributed by atoms with Gasteiger partial charge in [-0.1, -0.05) is 0 Å². The molecule has 0 spiro atoms. The van der Waals surface area contributed by atoms with Gasteiger partial charge in [-0.05, 0) is 33.0 Å². The summed E-state index contributed by atoms with van der Waals surface area (Å²) in [5.74, 6) is 2.61. The first-order valence-electron chi connectivity index (χ1n) is 8.75. The maximum absolute atomic E-state index is 5.48. The van der Waals surface area contributed by atoms with Crippen molar-refractivity contribution in [1.82, 2.24) is 19.8 Å². The summed E-state index contributed by atoms with van der Waals surface area (Å²) in [6.07, 6.45) is 3.56. The highest BCUT2D eigenvalue weighted by Gasteiger charge is 2.17. The molecule has 0 unspecified atom stereocenters. The Labute approximate surface area is 143 Å². The lowest BCUT2D eigenvalue weighted by atomic mass is 10.2. The first kappa shape index (κ1) is 17.0. The van der Waals surface area contributed by atoms with Crippen LogP contribution in [0.3, 0.4) is 0 Å². The largest absolute Gasteiger partial charge is 0.493 e. The smallest absolute Gasteiger partial charge is 0.163 e. The fourth-order valence-corrected chi connectivity index (χ4v) is 3.43. The number of hydrogen-bond donors (Lipinski definition) is 1. The van der Waals surface area contributed by atoms with E-state index < -0.39 is 0 Å². The molecule has 1 N–H and O–H groups in total. The maximum Gasteiger partial charge on any atom is 0.163 e. The monoisotopic (exact) mass is 332 g/mol. The molecule has 2 heterocycles. The molecule has 0 bridgehead atoms. The number of rotatable bonds is 8. The molecular weight excluding hydrogens is 304 g/mol. The highest BCUT2D eigenvalue weighted by atomic mass is 16.5. The van der Waals surface area contributed by atoms with Gasteiger partial charge < -0.3 is 24.3 Å². The van der Waals surface area contributed by atoms with E-state index in [-0.39, 0.29) is 0 Å². The Morgan fingerprint density at radius 1 is 1.08 bits per heavy atom. The number of hydrogen-bond acceptors (Lipinski definition) is 5. The van der Waals surface area contributed by atoms with Gasteiger partial charge in [0.05, 0.1) is 25.3 Å². The Balaban J connectivity index is 1.94. The summed E-state index contributed by atoms with van der Waals surface area (Å²) in [6, 6.07) is 4.03. The van der Waals surface area contributed by atoms with Crippen molar-refractivity contribution in [3.8, 4) is 11.5 Å². The van der Waals surface area contributed by atoms with Crippen LogP contribution in [0.4, 0.5) is 0 Å². The predicted octanol–water partition coefficient (Wildman–Crippen LogP) is 1.91. The van der Waals surface area contributed by atoms with Gasteiger partial charge in [0.15, 0.2) is 11.5 Å². The zero-order valence-electron chi connectivity index (χ0n) is 15.0. The van der Waals surface area contributed by atoms with Crippen molar-refractivity contribution in [2.75, 3.05) is 47.4 Å². The molecule has 2 aromatic rings. The fraction of sp³-hybridized carbons (Fsp3) is 0.611. The highest BCUT2D eigenvalue weighted by molar-refractivity contribution is 5.80. The molecule has 0 aliphatic carbocycles. The van der Waals surface area contributed by atoms with Crippen molar-refractivity contribution >= 4 is 11.0 Å². The minimum absolute atomic E-state index is 0.731. The molecular formula is C18H28N4O2. The third kappa shape index (κ3) is 3.49. The number of nitrogens with one attached hydrogen (secondary N) is 1. The standard InChI is InChI=1S/C18H28N4O2/c1-19-7-6-18-20-14-12-16(23-2)17(24-3)13-15(14)22(18)11-10-21-8-4-5-9-21/h12-13,19H,4-11H2,1-3H3. The second-order valence-electron chi connectivity index (χ2n) is 6.28. The van der Waals surface area contributed by atoms with Crippen molar-refractivity contribution in [1.29, 1.82) is 0 Å². The maximum atomic E-state index is 5.48. The summed E-state index contributed by atoms with van der Waals surface area (Å²) in [6.45, 7) is 5.39. The molecule has 1 aliphatic rings. The van der Waals surface area contributed by atoms with Crippen molar-refractivity contribution in [3.05, 3.63) is 18.0 Å². The predicted molar refractivity (Wildman–Crippen MR) is 96.1 cm³/mol. The van der Waals surface area contributed by atoms with Crippen LogP contribution in [0.5, 0.6) is 11.5 Å². The molecule has 24 heavy (non-hydrogen) atoms. The second-order valence-corrected chi connectivity index (χ2v) is 6.28. The van der Waals surface area contributed by atoms with Crippen molar-refractivity contribution < 1.29 is 9.47 Å². The summed E-state index contributed by atoms with van der Waals surface area (Å²) >= 11 is 0. The Morgan fingerprint density at radius 3 is 2.46 bits per heavy atom. The Morgan fingerprint density at radius 2 is 1.79 bits per heavy atom. The number of fused-ring (bicyclic) bond motifs is 1. The number of likely N-dealkylation sites (N-methyl/N-ethyl adjacent to an activating group) is 1. The van der Waals surface area contributed by atoms with Crippen LogP contribution in [0.1, 0.15) is 18.7 Å². The van der Waals surface area contributed by atoms with Crippen molar-refractivity contribution in [2.45, 2.75) is 25.8 Å². The van der Waals surface area contributed by atoms with E-state index in [1.54, 1.807) is 14.2 Å². The van der Waals surface area contributed by atoms with Crippen molar-refractivity contribution in [2.24, 2.45) is 0 Å². The highest BCUT2D eigenvalue weighted by Crippen LogP contribution is 2.32. The summed E-state index contributed by atoms with van der Waals surface area (Å²) in [4.78, 5) is 7.38. The van der Waals surface area contributed by atoms with E-state index in [1.165, 1.54) is 25.9 Å². The van der Waals surface area contributed by atoms with E-state index >= 15 is 0 Å². The number of methoxy groups -OCH3 is 2. The molecule has 3 rings (SSSR count). The number of benzene rings is 1. The number of nitrogens with zero attached hydrogens (tertiary/aromatic N) is 3. The molecule has 1 aromatic heterocycles. The SMILES string of the molecule is CNCCc1nc2cc(OC)c(OC)cc2n1CCN1CCCC1. The molecule has 0 amide bonds. The van der Waals surface area contributed by atoms with Gasteiger partial charge in [0.2, 0.25) is 0 Å². The van der Waals surface area contributed by atoms with E-state index in [4.69, 9.17) is 14.5 Å². The van der Waals surface area contributed by atoms with Crippen LogP contribution in [0, 0.1) is 0 Å². The molecule has 6 nitrogen and oxygen atoms in total. The van der Waals surface area contributed by atoms with Gasteiger partial charge in [0.1, 0.15) is 5.82 Å². The molecule has 0 saturated carbocycles. The Kier molecular flexibility index (Phi) is 5.58. The molecule has 1 saturated heterocycles. The van der Waals surface area contributed by atoms with E-state index in [0.717, 1.165) is 54.4 Å². The minimum Gasteiger partial charge on any atom is -0.493 e. The Hall–Kier alpha value is -1.79. The molecule has 1 aromatic carbocycles. The summed E-state index contributed by atoms with van der Waals surface area (Å²) in [7, 11) is 5.32. The van der Waals surface area contributed by atoms with Gasteiger partial charge in [-0.15, -0.1) is 0 Å². The number of aromatic nitrogens is 2. The van der Waals surface area contributed by atoms with E-state index in [0.29, 0.717) is 0 Å². The molecule has 132 valence electrons. The van der Waals surface area contributed by atoms with E-state index in [9.17, 15) is 0 Å². The Bertz CT molecular complexity index is 677. The van der Waals surface area contributed by atoms with Gasteiger partial charge in [-0.3, -0.25) is 0 Å². The lowest BCUT2D eigenvalue weighted by Crippen LogP contribution is -2.25. The third-order valence-corrected chi connectivity index (χ3v) is 4.77. The van der Waals surface area contributed by atoms with Crippen LogP contribution in [0.2, 0.25) is 0 Å². The summed E-state index contributed by atoms with van der Waals surface area (Å²) in [5.41, 5.74) is 2.10. The van der Waals surface area contributed by atoms with Crippen LogP contribution in [-0.4, -0.2) is 61.9 Å². The summed E-state index contributed by atoms with van der Waals surface area (Å²) < 4.78 is 13.2. The van der Waals surface area contributed by atoms with E-state index in [1.807, 2.05) is 19.2 Å². The van der Waals surface area contributed by atoms with Gasteiger partial charge >= 0.3 is 0 Å². The molecule has 0 radical (unpaired) electrons. The molecule has 0 atom stereocenters. The van der Waals surface area contributed by atoms with Crippen LogP contribution >= 0.6 is 0 Å². The van der Waals surface area contributed by atoms with E-state index in [2.05, 4.69) is 14.8 Å². The first-order chi connectivity index (χ1) is 11.8. The summed E-state index contributed by atoms with van der Waals surface area (Å²) in [5, 5.41) is 3.22. The molecule has 1 fully saturated rings. The van der Waals surface area contributed by atoms with Crippen LogP contribution in [-0.2, 0) is 13.0 Å². The quantitative estimate of drug-likeness (QED) is 0.800. The average Bonchev–Trinajstić information content (AvgIpc) is 3.23. The van der Waals surface area contributed by atoms with Gasteiger partial charge in [0, 0.05) is 38.2 Å². The molecule has 6 heteroatoms. The number of imidazole rings is 1. The normalized spacial score (nSPS) is 15.3.